The van der Waals surface area contributed by atoms with Gasteiger partial charge in [-0.15, -0.1) is 12.4 Å². The fourth-order valence-corrected chi connectivity index (χ4v) is 2.57. The molecule has 1 saturated heterocycles. The first-order chi connectivity index (χ1) is 8.11. The van der Waals surface area contributed by atoms with E-state index in [9.17, 15) is 4.39 Å². The Morgan fingerprint density at radius 2 is 2.00 bits per heavy atom. The Morgan fingerprint density at radius 1 is 1.39 bits per heavy atom. The highest BCUT2D eigenvalue weighted by Gasteiger charge is 2.26. The molecule has 1 atom stereocenters. The molecule has 2 nitrogen and oxygen atoms in total. The minimum atomic E-state index is -0.341. The van der Waals surface area contributed by atoms with Crippen LogP contribution in [0.15, 0.2) is 12.1 Å². The van der Waals surface area contributed by atoms with Crippen molar-refractivity contribution < 1.29 is 9.13 Å². The van der Waals surface area contributed by atoms with Crippen LogP contribution in [0.3, 0.4) is 0 Å². The minimum Gasteiger partial charge on any atom is -0.381 e. The molecule has 1 aromatic rings. The lowest BCUT2D eigenvalue weighted by Crippen LogP contribution is -2.28. The van der Waals surface area contributed by atoms with E-state index in [0.717, 1.165) is 18.4 Å². The number of aryl methyl sites for hydroxylation is 1. The van der Waals surface area contributed by atoms with Gasteiger partial charge in [0.25, 0.3) is 0 Å². The first-order valence-electron chi connectivity index (χ1n) is 5.89. The van der Waals surface area contributed by atoms with Gasteiger partial charge in [0.15, 0.2) is 0 Å². The fourth-order valence-electron chi connectivity index (χ4n) is 2.29. The topological polar surface area (TPSA) is 35.2 Å². The third kappa shape index (κ3) is 3.15. The van der Waals surface area contributed by atoms with Gasteiger partial charge in [-0.05, 0) is 37.3 Å². The Morgan fingerprint density at radius 3 is 2.61 bits per heavy atom. The molecule has 1 aliphatic heterocycles. The molecule has 0 spiro atoms. The number of hydrogen-bond donors (Lipinski definition) is 1. The van der Waals surface area contributed by atoms with Gasteiger partial charge in [-0.2, -0.15) is 0 Å². The summed E-state index contributed by atoms with van der Waals surface area (Å²) in [5, 5.41) is 0.462. The normalized spacial score (nSPS) is 18.2. The summed E-state index contributed by atoms with van der Waals surface area (Å²) in [5.41, 5.74) is 7.48. The maximum Gasteiger partial charge on any atom is 0.129 e. The van der Waals surface area contributed by atoms with Crippen LogP contribution in [0.2, 0.25) is 5.02 Å². The van der Waals surface area contributed by atoms with Crippen LogP contribution >= 0.6 is 24.0 Å². The summed E-state index contributed by atoms with van der Waals surface area (Å²) in [6.07, 6.45) is 1.73. The quantitative estimate of drug-likeness (QED) is 0.904. The SMILES string of the molecule is Cc1ccc(F)c([C@@H](N)C2CCOCC2)c1Cl.Cl. The maximum atomic E-state index is 13.8. The summed E-state index contributed by atoms with van der Waals surface area (Å²) < 4.78 is 19.1. The first kappa shape index (κ1) is 15.7. The number of ether oxygens (including phenoxy) is 1. The molecule has 0 amide bonds. The lowest BCUT2D eigenvalue weighted by Gasteiger charge is -2.28. The van der Waals surface area contributed by atoms with Crippen molar-refractivity contribution in [1.82, 2.24) is 0 Å². The number of halogens is 3. The average molecular weight is 294 g/mol. The van der Waals surface area contributed by atoms with E-state index in [2.05, 4.69) is 0 Å². The zero-order valence-electron chi connectivity index (χ0n) is 10.3. The third-order valence-electron chi connectivity index (χ3n) is 3.43. The van der Waals surface area contributed by atoms with Crippen molar-refractivity contribution in [3.05, 3.63) is 34.1 Å². The van der Waals surface area contributed by atoms with Crippen LogP contribution < -0.4 is 5.73 Å². The minimum absolute atomic E-state index is 0. The summed E-state index contributed by atoms with van der Waals surface area (Å²) in [7, 11) is 0. The van der Waals surface area contributed by atoms with Crippen molar-refractivity contribution in [2.24, 2.45) is 11.7 Å². The van der Waals surface area contributed by atoms with E-state index in [-0.39, 0.29) is 30.2 Å². The van der Waals surface area contributed by atoms with E-state index in [1.165, 1.54) is 6.07 Å². The number of rotatable bonds is 2. The van der Waals surface area contributed by atoms with Gasteiger partial charge < -0.3 is 10.5 Å². The van der Waals surface area contributed by atoms with Crippen LogP contribution in [0.5, 0.6) is 0 Å². The predicted molar refractivity (Wildman–Crippen MR) is 73.9 cm³/mol. The Hall–Kier alpha value is -0.350. The predicted octanol–water partition coefficient (Wildman–Crippen LogP) is 3.64. The van der Waals surface area contributed by atoms with Crippen LogP contribution in [-0.2, 0) is 4.74 Å². The maximum absolute atomic E-state index is 13.8. The van der Waals surface area contributed by atoms with Crippen LogP contribution in [-0.4, -0.2) is 13.2 Å². The molecule has 0 aliphatic carbocycles. The summed E-state index contributed by atoms with van der Waals surface area (Å²) in [5.74, 6) is -0.0582. The van der Waals surface area contributed by atoms with Gasteiger partial charge in [-0.25, -0.2) is 4.39 Å². The molecule has 0 bridgehead atoms. The molecule has 1 fully saturated rings. The zero-order valence-corrected chi connectivity index (χ0v) is 11.9. The summed E-state index contributed by atoms with van der Waals surface area (Å²) in [6.45, 7) is 3.26. The van der Waals surface area contributed by atoms with E-state index in [4.69, 9.17) is 22.1 Å². The highest BCUT2D eigenvalue weighted by molar-refractivity contribution is 6.32. The van der Waals surface area contributed by atoms with Gasteiger partial charge in [-0.3, -0.25) is 0 Å². The molecule has 102 valence electrons. The van der Waals surface area contributed by atoms with Gasteiger partial charge in [-0.1, -0.05) is 17.7 Å². The van der Waals surface area contributed by atoms with Crippen LogP contribution in [0.25, 0.3) is 0 Å². The second-order valence-electron chi connectivity index (χ2n) is 4.57. The van der Waals surface area contributed by atoms with Crippen molar-refractivity contribution in [3.8, 4) is 0 Å². The van der Waals surface area contributed by atoms with Crippen LogP contribution in [0.4, 0.5) is 4.39 Å². The third-order valence-corrected chi connectivity index (χ3v) is 3.93. The zero-order chi connectivity index (χ0) is 12.4. The van der Waals surface area contributed by atoms with Crippen molar-refractivity contribution in [2.75, 3.05) is 13.2 Å². The van der Waals surface area contributed by atoms with Crippen molar-refractivity contribution in [3.63, 3.8) is 0 Å². The fraction of sp³-hybridized carbons (Fsp3) is 0.538. The molecule has 0 unspecified atom stereocenters. The lowest BCUT2D eigenvalue weighted by molar-refractivity contribution is 0.0580. The van der Waals surface area contributed by atoms with Crippen molar-refractivity contribution >= 4 is 24.0 Å². The van der Waals surface area contributed by atoms with E-state index in [1.54, 1.807) is 6.07 Å². The Balaban J connectivity index is 0.00000162. The Kier molecular flexibility index (Phi) is 5.86. The molecule has 2 N–H and O–H groups in total. The molecule has 0 saturated carbocycles. The van der Waals surface area contributed by atoms with Crippen molar-refractivity contribution in [2.45, 2.75) is 25.8 Å². The van der Waals surface area contributed by atoms with Gasteiger partial charge in [0, 0.05) is 24.8 Å². The summed E-state index contributed by atoms with van der Waals surface area (Å²) >= 11 is 6.16. The number of hydrogen-bond acceptors (Lipinski definition) is 2. The van der Waals surface area contributed by atoms with E-state index in [1.807, 2.05) is 6.92 Å². The first-order valence-corrected chi connectivity index (χ1v) is 6.27. The Labute approximate surface area is 118 Å². The largest absolute Gasteiger partial charge is 0.381 e. The van der Waals surface area contributed by atoms with E-state index >= 15 is 0 Å². The molecule has 1 aromatic carbocycles. The number of nitrogens with two attached hydrogens (primary N) is 1. The Bertz CT molecular complexity index is 408. The van der Waals surface area contributed by atoms with Crippen molar-refractivity contribution in [1.29, 1.82) is 0 Å². The molecule has 0 aromatic heterocycles. The second kappa shape index (κ2) is 6.71. The van der Waals surface area contributed by atoms with Gasteiger partial charge in [0.1, 0.15) is 5.82 Å². The molecular weight excluding hydrogens is 276 g/mol. The molecule has 18 heavy (non-hydrogen) atoms. The molecule has 1 heterocycles. The molecule has 1 aliphatic rings. The van der Waals surface area contributed by atoms with E-state index < -0.39 is 0 Å². The summed E-state index contributed by atoms with van der Waals surface area (Å²) in [4.78, 5) is 0. The van der Waals surface area contributed by atoms with Crippen LogP contribution in [0, 0.1) is 18.7 Å². The highest BCUT2D eigenvalue weighted by atomic mass is 35.5. The molecule has 0 radical (unpaired) electrons. The van der Waals surface area contributed by atoms with Gasteiger partial charge in [0.05, 0.1) is 5.02 Å². The standard InChI is InChI=1S/C13H17ClFNO.ClH/c1-8-2-3-10(15)11(12(8)14)13(16)9-4-6-17-7-5-9;/h2-3,9,13H,4-7,16H2,1H3;1H/t13-;/m0./s1. The monoisotopic (exact) mass is 293 g/mol. The van der Waals surface area contributed by atoms with Crippen LogP contribution in [0.1, 0.15) is 30.0 Å². The highest BCUT2D eigenvalue weighted by Crippen LogP contribution is 2.35. The average Bonchev–Trinajstić information content (AvgIpc) is 2.35. The molecule has 5 heteroatoms. The van der Waals surface area contributed by atoms with Gasteiger partial charge >= 0.3 is 0 Å². The lowest BCUT2D eigenvalue weighted by atomic mass is 9.87. The molecule has 2 rings (SSSR count). The van der Waals surface area contributed by atoms with E-state index in [0.29, 0.717) is 23.8 Å². The summed E-state index contributed by atoms with van der Waals surface area (Å²) in [6, 6.07) is 2.78. The second-order valence-corrected chi connectivity index (χ2v) is 4.95. The molecular formula is C13H18Cl2FNO. The smallest absolute Gasteiger partial charge is 0.129 e. The van der Waals surface area contributed by atoms with Gasteiger partial charge in [0.2, 0.25) is 0 Å². The number of benzene rings is 1.